The first-order valence-electron chi connectivity index (χ1n) is 6.00. The van der Waals surface area contributed by atoms with Crippen LogP contribution in [0.3, 0.4) is 0 Å². The molecule has 1 rings (SSSR count). The van der Waals surface area contributed by atoms with Gasteiger partial charge in [-0.15, -0.1) is 11.5 Å². The van der Waals surface area contributed by atoms with E-state index in [1.54, 1.807) is 12.3 Å². The number of pyridine rings is 1. The summed E-state index contributed by atoms with van der Waals surface area (Å²) in [5.41, 5.74) is 4.12. The Hall–Kier alpha value is -1.60. The number of aromatic nitrogens is 1. The Kier molecular flexibility index (Phi) is 5.11. The van der Waals surface area contributed by atoms with Crippen molar-refractivity contribution in [3.8, 4) is 17.2 Å². The zero-order chi connectivity index (χ0) is 13.6. The summed E-state index contributed by atoms with van der Waals surface area (Å²) in [5.74, 6) is 3.28. The number of ether oxygens (including phenoxy) is 1. The number of carbonyl (C=O) groups is 1. The van der Waals surface area contributed by atoms with Gasteiger partial charge in [0.2, 0.25) is 0 Å². The summed E-state index contributed by atoms with van der Waals surface area (Å²) < 4.78 is 5.14. The lowest BCUT2D eigenvalue weighted by Gasteiger charge is -2.04. The van der Waals surface area contributed by atoms with E-state index in [4.69, 9.17) is 4.74 Å². The fraction of sp³-hybridized carbons (Fsp3) is 0.429. The Balaban J connectivity index is 2.38. The summed E-state index contributed by atoms with van der Waals surface area (Å²) in [6.07, 6.45) is 2.44. The van der Waals surface area contributed by atoms with E-state index in [1.807, 2.05) is 13.0 Å². The second-order valence-corrected chi connectivity index (χ2v) is 9.91. The predicted molar refractivity (Wildman–Crippen MR) is 75.0 cm³/mol. The van der Waals surface area contributed by atoms with Gasteiger partial charge in [-0.05, 0) is 19.1 Å². The quantitative estimate of drug-likeness (QED) is 0.477. The number of nitrogens with zero attached hydrogens (tertiary/aromatic N) is 1. The minimum absolute atomic E-state index is 0.259. The SMILES string of the molecule is Cc1ccc(OC(=O)CCC#C[Si](C)(C)C)cn1. The molecule has 0 aliphatic heterocycles. The molecular formula is C14H19NO2Si. The highest BCUT2D eigenvalue weighted by Gasteiger charge is 2.08. The van der Waals surface area contributed by atoms with Crippen molar-refractivity contribution in [2.24, 2.45) is 0 Å². The molecule has 4 heteroatoms. The van der Waals surface area contributed by atoms with E-state index in [0.29, 0.717) is 18.6 Å². The molecule has 0 aromatic carbocycles. The van der Waals surface area contributed by atoms with Gasteiger partial charge in [0.15, 0.2) is 0 Å². The minimum atomic E-state index is -1.33. The van der Waals surface area contributed by atoms with Crippen molar-refractivity contribution in [2.75, 3.05) is 0 Å². The molecule has 18 heavy (non-hydrogen) atoms. The third-order valence-corrected chi connectivity index (χ3v) is 2.96. The van der Waals surface area contributed by atoms with E-state index >= 15 is 0 Å². The van der Waals surface area contributed by atoms with Crippen LogP contribution in [0, 0.1) is 18.4 Å². The van der Waals surface area contributed by atoms with Crippen molar-refractivity contribution in [3.05, 3.63) is 24.0 Å². The van der Waals surface area contributed by atoms with Crippen LogP contribution in [0.25, 0.3) is 0 Å². The Labute approximate surface area is 110 Å². The van der Waals surface area contributed by atoms with E-state index in [9.17, 15) is 4.79 Å². The molecule has 1 heterocycles. The van der Waals surface area contributed by atoms with E-state index in [-0.39, 0.29) is 5.97 Å². The van der Waals surface area contributed by atoms with Gasteiger partial charge in [0, 0.05) is 12.1 Å². The fourth-order valence-corrected chi connectivity index (χ4v) is 1.84. The Morgan fingerprint density at radius 3 is 2.67 bits per heavy atom. The monoisotopic (exact) mass is 261 g/mol. The number of rotatable bonds is 3. The van der Waals surface area contributed by atoms with E-state index in [1.165, 1.54) is 0 Å². The van der Waals surface area contributed by atoms with Crippen LogP contribution in [0.2, 0.25) is 19.6 Å². The van der Waals surface area contributed by atoms with Crippen LogP contribution in [0.5, 0.6) is 5.75 Å². The first-order valence-corrected chi connectivity index (χ1v) is 9.50. The molecule has 1 aromatic rings. The Morgan fingerprint density at radius 1 is 1.39 bits per heavy atom. The number of carbonyl (C=O) groups excluding carboxylic acids is 1. The van der Waals surface area contributed by atoms with Gasteiger partial charge in [0.25, 0.3) is 0 Å². The van der Waals surface area contributed by atoms with Crippen LogP contribution < -0.4 is 4.74 Å². The van der Waals surface area contributed by atoms with Crippen LogP contribution in [-0.4, -0.2) is 19.0 Å². The minimum Gasteiger partial charge on any atom is -0.425 e. The van der Waals surface area contributed by atoms with Crippen molar-refractivity contribution < 1.29 is 9.53 Å². The van der Waals surface area contributed by atoms with Crippen LogP contribution in [0.1, 0.15) is 18.5 Å². The molecule has 1 aromatic heterocycles. The number of aryl methyl sites for hydroxylation is 1. The zero-order valence-corrected chi connectivity index (χ0v) is 12.4. The highest BCUT2D eigenvalue weighted by molar-refractivity contribution is 6.83. The van der Waals surface area contributed by atoms with Crippen molar-refractivity contribution in [1.82, 2.24) is 4.98 Å². The molecule has 0 aliphatic rings. The number of hydrogen-bond donors (Lipinski definition) is 0. The van der Waals surface area contributed by atoms with Crippen LogP contribution in [0.15, 0.2) is 18.3 Å². The summed E-state index contributed by atoms with van der Waals surface area (Å²) in [6, 6.07) is 3.56. The fourth-order valence-electron chi connectivity index (χ4n) is 1.19. The van der Waals surface area contributed by atoms with E-state index in [0.717, 1.165) is 5.69 Å². The maximum Gasteiger partial charge on any atom is 0.312 e. The second kappa shape index (κ2) is 6.36. The Morgan fingerprint density at radius 2 is 2.11 bits per heavy atom. The van der Waals surface area contributed by atoms with Gasteiger partial charge in [-0.2, -0.15) is 0 Å². The summed E-state index contributed by atoms with van der Waals surface area (Å²) in [5, 5.41) is 0. The molecule has 0 atom stereocenters. The van der Waals surface area contributed by atoms with Gasteiger partial charge >= 0.3 is 5.97 Å². The molecule has 0 bridgehead atoms. The molecule has 0 saturated heterocycles. The first-order chi connectivity index (χ1) is 8.37. The van der Waals surface area contributed by atoms with Crippen molar-refractivity contribution in [2.45, 2.75) is 39.4 Å². The molecule has 0 radical (unpaired) electrons. The van der Waals surface area contributed by atoms with Gasteiger partial charge in [0.1, 0.15) is 13.8 Å². The van der Waals surface area contributed by atoms with Crippen LogP contribution >= 0.6 is 0 Å². The molecule has 0 spiro atoms. The molecule has 96 valence electrons. The maximum atomic E-state index is 11.5. The Bertz CT molecular complexity index is 463. The van der Waals surface area contributed by atoms with Crippen molar-refractivity contribution >= 4 is 14.0 Å². The molecular weight excluding hydrogens is 242 g/mol. The average Bonchev–Trinajstić information content (AvgIpc) is 2.26. The lowest BCUT2D eigenvalue weighted by molar-refractivity contribution is -0.134. The van der Waals surface area contributed by atoms with Crippen LogP contribution in [0.4, 0.5) is 0 Å². The zero-order valence-electron chi connectivity index (χ0n) is 11.4. The number of hydrogen-bond acceptors (Lipinski definition) is 3. The molecule has 3 nitrogen and oxygen atoms in total. The molecule has 0 amide bonds. The topological polar surface area (TPSA) is 39.2 Å². The molecule has 0 aliphatic carbocycles. The lowest BCUT2D eigenvalue weighted by atomic mass is 10.3. The summed E-state index contributed by atoms with van der Waals surface area (Å²) in [4.78, 5) is 15.6. The summed E-state index contributed by atoms with van der Waals surface area (Å²) >= 11 is 0. The van der Waals surface area contributed by atoms with E-state index in [2.05, 4.69) is 36.1 Å². The largest absolute Gasteiger partial charge is 0.425 e. The average molecular weight is 261 g/mol. The smallest absolute Gasteiger partial charge is 0.312 e. The molecule has 0 N–H and O–H groups in total. The number of esters is 1. The normalized spacial score (nSPS) is 10.4. The van der Waals surface area contributed by atoms with Crippen LogP contribution in [-0.2, 0) is 4.79 Å². The van der Waals surface area contributed by atoms with Gasteiger partial charge in [-0.25, -0.2) is 0 Å². The standard InChI is InChI=1S/C14H19NO2Si/c1-12-8-9-13(11-15-12)17-14(16)7-5-6-10-18(2,3)4/h8-9,11H,5,7H2,1-4H3. The lowest BCUT2D eigenvalue weighted by Crippen LogP contribution is -2.16. The summed E-state index contributed by atoms with van der Waals surface area (Å²) in [7, 11) is -1.33. The van der Waals surface area contributed by atoms with Gasteiger partial charge in [-0.1, -0.05) is 19.6 Å². The van der Waals surface area contributed by atoms with Gasteiger partial charge < -0.3 is 4.74 Å². The second-order valence-electron chi connectivity index (χ2n) is 5.16. The van der Waals surface area contributed by atoms with Crippen molar-refractivity contribution in [1.29, 1.82) is 0 Å². The highest BCUT2D eigenvalue weighted by Crippen LogP contribution is 2.09. The predicted octanol–water partition coefficient (Wildman–Crippen LogP) is 2.96. The first kappa shape index (κ1) is 14.5. The van der Waals surface area contributed by atoms with Gasteiger partial charge in [0.05, 0.1) is 12.6 Å². The third kappa shape index (κ3) is 6.21. The molecule has 0 fully saturated rings. The summed E-state index contributed by atoms with van der Waals surface area (Å²) in [6.45, 7) is 8.42. The maximum absolute atomic E-state index is 11.5. The molecule has 0 saturated carbocycles. The van der Waals surface area contributed by atoms with E-state index < -0.39 is 8.07 Å². The third-order valence-electron chi connectivity index (χ3n) is 2.03. The molecule has 0 unspecified atom stereocenters. The van der Waals surface area contributed by atoms with Crippen molar-refractivity contribution in [3.63, 3.8) is 0 Å². The highest BCUT2D eigenvalue weighted by atomic mass is 28.3. The van der Waals surface area contributed by atoms with Gasteiger partial charge in [-0.3, -0.25) is 9.78 Å².